The molecule has 5 aromatic rings. The molecule has 0 bridgehead atoms. The molecule has 134 valence electrons. The number of halogens is 1. The Morgan fingerprint density at radius 3 is 2.30 bits per heavy atom. The maximum Gasteiger partial charge on any atom is 0.140 e. The van der Waals surface area contributed by atoms with Crippen molar-refractivity contribution in [2.45, 2.75) is 26.3 Å². The minimum Gasteiger partial charge on any atom is -0.326 e. The molecule has 3 nitrogen and oxygen atoms in total. The van der Waals surface area contributed by atoms with Crippen LogP contribution < -0.4 is 0 Å². The molecule has 0 radical (unpaired) electrons. The van der Waals surface area contributed by atoms with Crippen LogP contribution in [0.5, 0.6) is 0 Å². The third-order valence-corrected chi connectivity index (χ3v) is 5.68. The molecule has 0 saturated carbocycles. The second kappa shape index (κ2) is 6.54. The largest absolute Gasteiger partial charge is 0.326 e. The maximum atomic E-state index is 4.77. The molecular formula is C23H20BrN3. The number of unbranched alkanes of at least 4 members (excludes halogenated alkanes) is 1. The van der Waals surface area contributed by atoms with Crippen LogP contribution >= 0.6 is 15.9 Å². The van der Waals surface area contributed by atoms with E-state index in [0.29, 0.717) is 0 Å². The second-order valence-electron chi connectivity index (χ2n) is 6.89. The van der Waals surface area contributed by atoms with E-state index in [-0.39, 0.29) is 0 Å². The third kappa shape index (κ3) is 2.51. The molecule has 3 heterocycles. The van der Waals surface area contributed by atoms with Gasteiger partial charge < -0.3 is 4.57 Å². The van der Waals surface area contributed by atoms with E-state index in [1.807, 2.05) is 12.1 Å². The van der Waals surface area contributed by atoms with Crippen molar-refractivity contribution in [3.63, 3.8) is 0 Å². The lowest BCUT2D eigenvalue weighted by atomic mass is 10.1. The zero-order valence-corrected chi connectivity index (χ0v) is 16.8. The first kappa shape index (κ1) is 16.6. The molecule has 0 unspecified atom stereocenters. The first-order valence-electron chi connectivity index (χ1n) is 9.43. The highest BCUT2D eigenvalue weighted by Crippen LogP contribution is 2.38. The van der Waals surface area contributed by atoms with Crippen LogP contribution in [-0.2, 0) is 6.54 Å². The molecule has 0 spiro atoms. The summed E-state index contributed by atoms with van der Waals surface area (Å²) in [6.07, 6.45) is 2.32. The topological polar surface area (TPSA) is 22.8 Å². The van der Waals surface area contributed by atoms with Gasteiger partial charge in [0, 0.05) is 22.7 Å². The zero-order chi connectivity index (χ0) is 18.4. The van der Waals surface area contributed by atoms with Gasteiger partial charge in [0.05, 0.1) is 11.0 Å². The standard InChI is InChI=1S/C23H20BrN3/c1-2-3-15-26-18-11-6-4-9-16(18)22-17-10-5-7-12-19(17)27(23(22)26)21-14-8-13-20(24)25-21/h4-14H,2-3,15H2,1H3. The van der Waals surface area contributed by atoms with Crippen LogP contribution in [0.4, 0.5) is 0 Å². The van der Waals surface area contributed by atoms with Crippen molar-refractivity contribution in [1.29, 1.82) is 0 Å². The number of hydrogen-bond acceptors (Lipinski definition) is 1. The number of rotatable bonds is 4. The van der Waals surface area contributed by atoms with E-state index < -0.39 is 0 Å². The summed E-state index contributed by atoms with van der Waals surface area (Å²) >= 11 is 3.54. The summed E-state index contributed by atoms with van der Waals surface area (Å²) in [5, 5.41) is 3.91. The average Bonchev–Trinajstić information content (AvgIpc) is 3.19. The van der Waals surface area contributed by atoms with E-state index in [1.165, 1.54) is 39.3 Å². The van der Waals surface area contributed by atoms with Gasteiger partial charge in [0.15, 0.2) is 0 Å². The molecular weight excluding hydrogens is 398 g/mol. The van der Waals surface area contributed by atoms with Crippen LogP contribution in [0.2, 0.25) is 0 Å². The highest BCUT2D eigenvalue weighted by molar-refractivity contribution is 9.10. The molecule has 0 aliphatic heterocycles. The highest BCUT2D eigenvalue weighted by atomic mass is 79.9. The number of fused-ring (bicyclic) bond motifs is 5. The summed E-state index contributed by atoms with van der Waals surface area (Å²) < 4.78 is 5.63. The van der Waals surface area contributed by atoms with Gasteiger partial charge >= 0.3 is 0 Å². The quantitative estimate of drug-likeness (QED) is 0.298. The Morgan fingerprint density at radius 1 is 0.852 bits per heavy atom. The van der Waals surface area contributed by atoms with Crippen molar-refractivity contribution >= 4 is 48.8 Å². The van der Waals surface area contributed by atoms with E-state index in [1.54, 1.807) is 0 Å². The van der Waals surface area contributed by atoms with Crippen molar-refractivity contribution in [3.05, 3.63) is 71.3 Å². The van der Waals surface area contributed by atoms with E-state index in [2.05, 4.69) is 86.6 Å². The summed E-state index contributed by atoms with van der Waals surface area (Å²) in [5.74, 6) is 0.941. The molecule has 3 aromatic heterocycles. The summed E-state index contributed by atoms with van der Waals surface area (Å²) in [7, 11) is 0. The lowest BCUT2D eigenvalue weighted by Gasteiger charge is -2.11. The Bertz CT molecular complexity index is 1280. The minimum absolute atomic E-state index is 0.849. The Kier molecular flexibility index (Phi) is 4.01. The van der Waals surface area contributed by atoms with Gasteiger partial charge in [-0.05, 0) is 46.6 Å². The van der Waals surface area contributed by atoms with Crippen molar-refractivity contribution in [2.24, 2.45) is 0 Å². The molecule has 5 rings (SSSR count). The lowest BCUT2D eigenvalue weighted by molar-refractivity contribution is 0.658. The zero-order valence-electron chi connectivity index (χ0n) is 15.2. The van der Waals surface area contributed by atoms with Crippen LogP contribution in [0.1, 0.15) is 19.8 Å². The number of para-hydroxylation sites is 2. The van der Waals surface area contributed by atoms with Crippen LogP contribution in [0.25, 0.3) is 38.7 Å². The first-order chi connectivity index (χ1) is 13.3. The van der Waals surface area contributed by atoms with Gasteiger partial charge in [0.2, 0.25) is 0 Å². The average molecular weight is 418 g/mol. The summed E-state index contributed by atoms with van der Waals surface area (Å²) in [5.41, 5.74) is 3.73. The predicted molar refractivity (Wildman–Crippen MR) is 117 cm³/mol. The number of aromatic nitrogens is 3. The smallest absolute Gasteiger partial charge is 0.140 e. The Morgan fingerprint density at radius 2 is 1.56 bits per heavy atom. The summed E-state index contributed by atoms with van der Waals surface area (Å²) in [6, 6.07) is 23.5. The SMILES string of the molecule is CCCCn1c2ccccc2c2c3ccccc3n(-c3cccc(Br)n3)c21. The Balaban J connectivity index is 2.00. The van der Waals surface area contributed by atoms with Gasteiger partial charge in [-0.25, -0.2) is 4.98 Å². The van der Waals surface area contributed by atoms with Gasteiger partial charge in [-0.1, -0.05) is 55.8 Å². The van der Waals surface area contributed by atoms with Gasteiger partial charge in [0.1, 0.15) is 16.1 Å². The summed E-state index contributed by atoms with van der Waals surface area (Å²) in [6.45, 7) is 3.25. The lowest BCUT2D eigenvalue weighted by Crippen LogP contribution is -2.04. The molecule has 0 fully saturated rings. The molecule has 0 amide bonds. The fraction of sp³-hybridized carbons (Fsp3) is 0.174. The molecule has 4 heteroatoms. The van der Waals surface area contributed by atoms with Crippen molar-refractivity contribution in [3.8, 4) is 5.82 Å². The van der Waals surface area contributed by atoms with Crippen molar-refractivity contribution in [1.82, 2.24) is 14.1 Å². The molecule has 0 aliphatic rings. The number of pyridine rings is 1. The van der Waals surface area contributed by atoms with E-state index in [0.717, 1.165) is 23.4 Å². The second-order valence-corrected chi connectivity index (χ2v) is 7.70. The first-order valence-corrected chi connectivity index (χ1v) is 10.2. The van der Waals surface area contributed by atoms with Crippen molar-refractivity contribution < 1.29 is 0 Å². The molecule has 0 saturated heterocycles. The number of benzene rings is 2. The van der Waals surface area contributed by atoms with Crippen LogP contribution in [0.15, 0.2) is 71.3 Å². The number of nitrogens with zero attached hydrogens (tertiary/aromatic N) is 3. The Hall–Kier alpha value is -2.59. The number of hydrogen-bond donors (Lipinski definition) is 0. The van der Waals surface area contributed by atoms with Crippen LogP contribution in [-0.4, -0.2) is 14.1 Å². The summed E-state index contributed by atoms with van der Waals surface area (Å²) in [4.78, 5) is 4.77. The van der Waals surface area contributed by atoms with E-state index in [9.17, 15) is 0 Å². The molecule has 2 aromatic carbocycles. The van der Waals surface area contributed by atoms with Crippen LogP contribution in [0, 0.1) is 0 Å². The normalized spacial score (nSPS) is 11.8. The highest BCUT2D eigenvalue weighted by Gasteiger charge is 2.20. The van der Waals surface area contributed by atoms with Gasteiger partial charge in [-0.15, -0.1) is 0 Å². The molecule has 0 aliphatic carbocycles. The van der Waals surface area contributed by atoms with E-state index >= 15 is 0 Å². The molecule has 0 N–H and O–H groups in total. The maximum absolute atomic E-state index is 4.77. The fourth-order valence-electron chi connectivity index (χ4n) is 4.08. The van der Waals surface area contributed by atoms with E-state index in [4.69, 9.17) is 4.98 Å². The van der Waals surface area contributed by atoms with Crippen molar-refractivity contribution in [2.75, 3.05) is 0 Å². The fourth-order valence-corrected chi connectivity index (χ4v) is 4.41. The van der Waals surface area contributed by atoms with Gasteiger partial charge in [-0.3, -0.25) is 4.57 Å². The predicted octanol–water partition coefficient (Wildman–Crippen LogP) is 6.70. The number of aryl methyl sites for hydroxylation is 1. The monoisotopic (exact) mass is 417 g/mol. The minimum atomic E-state index is 0.849. The third-order valence-electron chi connectivity index (χ3n) is 5.23. The molecule has 27 heavy (non-hydrogen) atoms. The van der Waals surface area contributed by atoms with Gasteiger partial charge in [-0.2, -0.15) is 0 Å². The Labute approximate surface area is 166 Å². The van der Waals surface area contributed by atoms with Crippen LogP contribution in [0.3, 0.4) is 0 Å². The molecule has 0 atom stereocenters. The van der Waals surface area contributed by atoms with Gasteiger partial charge in [0.25, 0.3) is 0 Å².